The number of carbonyl (C=O) groups is 2. The number of fused-ring (bicyclic) bond motifs is 2. The molecule has 2 heterocycles. The normalized spacial score (nSPS) is 18.7. The lowest BCUT2D eigenvalue weighted by atomic mass is 10.0. The van der Waals surface area contributed by atoms with Gasteiger partial charge in [-0.1, -0.05) is 35.9 Å². The first-order chi connectivity index (χ1) is 14.9. The highest BCUT2D eigenvalue weighted by molar-refractivity contribution is 7.22. The second kappa shape index (κ2) is 9.00. The van der Waals surface area contributed by atoms with Gasteiger partial charge in [-0.05, 0) is 29.7 Å². The summed E-state index contributed by atoms with van der Waals surface area (Å²) in [6.45, 7) is -0.0808. The largest absolute Gasteiger partial charge is 0.381 e. The number of thiophene rings is 1. The third-order valence-electron chi connectivity index (χ3n) is 5.60. The average Bonchev–Trinajstić information content (AvgIpc) is 3.36. The second-order valence-corrected chi connectivity index (χ2v) is 9.43. The van der Waals surface area contributed by atoms with Crippen LogP contribution in [0.3, 0.4) is 0 Å². The lowest BCUT2D eigenvalue weighted by Gasteiger charge is -2.32. The summed E-state index contributed by atoms with van der Waals surface area (Å²) in [6, 6.07) is 11.0. The van der Waals surface area contributed by atoms with Crippen LogP contribution in [0.4, 0.5) is 0 Å². The Balaban J connectivity index is 1.50. The van der Waals surface area contributed by atoms with Crippen LogP contribution in [0.15, 0.2) is 36.4 Å². The number of rotatable bonds is 7. The van der Waals surface area contributed by atoms with E-state index in [2.05, 4.69) is 10.3 Å². The number of methoxy groups -OCH3 is 1. The first-order valence-corrected chi connectivity index (χ1v) is 11.1. The van der Waals surface area contributed by atoms with Gasteiger partial charge in [0.25, 0.3) is 5.91 Å². The Kier molecular flexibility index (Phi) is 6.34. The van der Waals surface area contributed by atoms with Crippen LogP contribution in [0.5, 0.6) is 0 Å². The molecule has 0 aliphatic heterocycles. The number of hydrogen-bond donors (Lipinski definition) is 3. The Bertz CT molecular complexity index is 1080. The number of aromatic nitrogens is 1. The smallest absolute Gasteiger partial charge is 0.254 e. The van der Waals surface area contributed by atoms with E-state index in [4.69, 9.17) is 16.3 Å². The highest BCUT2D eigenvalue weighted by Crippen LogP contribution is 2.36. The van der Waals surface area contributed by atoms with Crippen molar-refractivity contribution in [3.63, 3.8) is 0 Å². The molecule has 0 radical (unpaired) electrons. The summed E-state index contributed by atoms with van der Waals surface area (Å²) in [4.78, 5) is 31.2. The maximum atomic E-state index is 12.8. The van der Waals surface area contributed by atoms with Crippen molar-refractivity contribution in [1.29, 1.82) is 0 Å². The van der Waals surface area contributed by atoms with Gasteiger partial charge in [0.1, 0.15) is 4.83 Å². The summed E-state index contributed by atoms with van der Waals surface area (Å²) in [5.41, 5.74) is 2.86. The number of halogens is 1. The Morgan fingerprint density at radius 3 is 2.90 bits per heavy atom. The zero-order chi connectivity index (χ0) is 22.1. The fraction of sp³-hybridized carbons (Fsp3) is 0.364. The number of hydrogen-bond acceptors (Lipinski definition) is 5. The zero-order valence-corrected chi connectivity index (χ0v) is 18.8. The van der Waals surface area contributed by atoms with Crippen molar-refractivity contribution in [2.24, 2.45) is 0 Å². The highest BCUT2D eigenvalue weighted by atomic mass is 35.5. The van der Waals surface area contributed by atoms with Crippen LogP contribution in [0.1, 0.15) is 22.9 Å². The number of likely N-dealkylation sites (N-methyl/N-ethyl adjacent to an activating group) is 1. The van der Waals surface area contributed by atoms with Gasteiger partial charge in [-0.3, -0.25) is 9.59 Å². The van der Waals surface area contributed by atoms with Crippen LogP contribution in [0.2, 0.25) is 4.34 Å². The van der Waals surface area contributed by atoms with Crippen molar-refractivity contribution in [3.8, 4) is 0 Å². The molecule has 164 valence electrons. The molecular weight excluding hydrogens is 438 g/mol. The SMILES string of the molecule is COC[C@H](O)C(=O)N(C)[C@@H]1c2ccccc2C[C@H]1NC(=O)Cc1cc2cc(Cl)sc2[nH]1. The first-order valence-electron chi connectivity index (χ1n) is 9.95. The number of H-pyrrole nitrogens is 1. The summed E-state index contributed by atoms with van der Waals surface area (Å²) in [5, 5.41) is 14.2. The number of ether oxygens (including phenoxy) is 1. The number of aliphatic hydroxyl groups excluding tert-OH is 1. The minimum Gasteiger partial charge on any atom is -0.381 e. The number of aromatic amines is 1. The number of nitrogens with zero attached hydrogens (tertiary/aromatic N) is 1. The fourth-order valence-electron chi connectivity index (χ4n) is 4.26. The quantitative estimate of drug-likeness (QED) is 0.504. The van der Waals surface area contributed by atoms with Gasteiger partial charge in [0, 0.05) is 25.2 Å². The van der Waals surface area contributed by atoms with Gasteiger partial charge in [0.05, 0.1) is 29.4 Å². The molecule has 2 amide bonds. The standard InChI is InChI=1S/C22H24ClN3O4S/c1-26(22(29)17(27)11-30-2)20-15-6-4-3-5-12(15)8-16(20)25-19(28)10-14-7-13-9-18(23)31-21(13)24-14/h3-7,9,16-17,20,24,27H,8,10-11H2,1-2H3,(H,25,28)/t16-,17+,20-/m1/s1. The average molecular weight is 462 g/mol. The Hall–Kier alpha value is -2.39. The van der Waals surface area contributed by atoms with E-state index in [9.17, 15) is 14.7 Å². The molecule has 0 spiro atoms. The molecule has 0 saturated heterocycles. The Morgan fingerprint density at radius 2 is 2.16 bits per heavy atom. The van der Waals surface area contributed by atoms with Crippen molar-refractivity contribution in [3.05, 3.63) is 57.6 Å². The van der Waals surface area contributed by atoms with Gasteiger partial charge in [0.15, 0.2) is 6.10 Å². The van der Waals surface area contributed by atoms with E-state index >= 15 is 0 Å². The number of amides is 2. The molecule has 3 atom stereocenters. The molecule has 0 fully saturated rings. The van der Waals surface area contributed by atoms with Gasteiger partial charge in [-0.2, -0.15) is 0 Å². The van der Waals surface area contributed by atoms with Gasteiger partial charge in [-0.25, -0.2) is 0 Å². The molecule has 9 heteroatoms. The molecule has 0 bridgehead atoms. The molecule has 0 unspecified atom stereocenters. The lowest BCUT2D eigenvalue weighted by Crippen LogP contribution is -2.48. The van der Waals surface area contributed by atoms with Gasteiger partial charge in [0.2, 0.25) is 5.91 Å². The monoisotopic (exact) mass is 461 g/mol. The van der Waals surface area contributed by atoms with Gasteiger partial charge in [-0.15, -0.1) is 11.3 Å². The lowest BCUT2D eigenvalue weighted by molar-refractivity contribution is -0.144. The number of nitrogens with one attached hydrogen (secondary N) is 2. The van der Waals surface area contributed by atoms with Crippen molar-refractivity contribution < 1.29 is 19.4 Å². The van der Waals surface area contributed by atoms with E-state index < -0.39 is 12.0 Å². The third kappa shape index (κ3) is 4.48. The van der Waals surface area contributed by atoms with E-state index in [1.165, 1.54) is 23.3 Å². The van der Waals surface area contributed by atoms with Crippen LogP contribution < -0.4 is 5.32 Å². The molecule has 1 aliphatic rings. The summed E-state index contributed by atoms with van der Waals surface area (Å²) in [5.74, 6) is -0.578. The maximum Gasteiger partial charge on any atom is 0.254 e. The van der Waals surface area contributed by atoms with Crippen molar-refractivity contribution in [2.45, 2.75) is 31.0 Å². The number of carbonyl (C=O) groups excluding carboxylic acids is 2. The molecule has 3 N–H and O–H groups in total. The maximum absolute atomic E-state index is 12.8. The molecular formula is C22H24ClN3O4S. The molecule has 0 saturated carbocycles. The summed E-state index contributed by atoms with van der Waals surface area (Å²) in [7, 11) is 3.08. The van der Waals surface area contributed by atoms with Crippen LogP contribution in [-0.4, -0.2) is 59.7 Å². The topological polar surface area (TPSA) is 94.7 Å². The predicted octanol–water partition coefficient (Wildman–Crippen LogP) is 2.67. The van der Waals surface area contributed by atoms with Gasteiger partial charge >= 0.3 is 0 Å². The Morgan fingerprint density at radius 1 is 1.39 bits per heavy atom. The van der Waals surface area contributed by atoms with Crippen molar-refractivity contribution >= 4 is 45.0 Å². The molecule has 2 aromatic heterocycles. The van der Waals surface area contributed by atoms with Crippen LogP contribution in [-0.2, 0) is 27.2 Å². The summed E-state index contributed by atoms with van der Waals surface area (Å²) >= 11 is 7.45. The molecule has 1 aromatic carbocycles. The third-order valence-corrected chi connectivity index (χ3v) is 6.80. The molecule has 7 nitrogen and oxygen atoms in total. The van der Waals surface area contributed by atoms with E-state index in [1.807, 2.05) is 36.4 Å². The molecule has 3 aromatic rings. The zero-order valence-electron chi connectivity index (χ0n) is 17.2. The number of aliphatic hydroxyl groups is 1. The van der Waals surface area contributed by atoms with E-state index in [1.54, 1.807) is 7.05 Å². The molecule has 31 heavy (non-hydrogen) atoms. The van der Waals surface area contributed by atoms with Crippen LogP contribution in [0, 0.1) is 0 Å². The molecule has 1 aliphatic carbocycles. The predicted molar refractivity (Wildman–Crippen MR) is 120 cm³/mol. The summed E-state index contributed by atoms with van der Waals surface area (Å²) < 4.78 is 5.61. The first kappa shape index (κ1) is 21.8. The summed E-state index contributed by atoms with van der Waals surface area (Å²) in [6.07, 6.45) is -0.444. The van der Waals surface area contributed by atoms with E-state index in [0.717, 1.165) is 27.0 Å². The van der Waals surface area contributed by atoms with E-state index in [-0.39, 0.29) is 31.0 Å². The van der Waals surface area contributed by atoms with Crippen LogP contribution >= 0.6 is 22.9 Å². The fourth-order valence-corrected chi connectivity index (χ4v) is 5.41. The highest BCUT2D eigenvalue weighted by Gasteiger charge is 2.39. The minimum absolute atomic E-state index is 0.0808. The minimum atomic E-state index is -1.25. The van der Waals surface area contributed by atoms with Crippen LogP contribution in [0.25, 0.3) is 10.2 Å². The van der Waals surface area contributed by atoms with Crippen molar-refractivity contribution in [2.75, 3.05) is 20.8 Å². The van der Waals surface area contributed by atoms with Gasteiger partial charge < -0.3 is 25.0 Å². The van der Waals surface area contributed by atoms with E-state index in [0.29, 0.717) is 10.8 Å². The second-order valence-electron chi connectivity index (χ2n) is 7.75. The number of benzene rings is 1. The molecule has 4 rings (SSSR count). The Labute approximate surface area is 189 Å². The van der Waals surface area contributed by atoms with Crippen molar-refractivity contribution in [1.82, 2.24) is 15.2 Å².